The van der Waals surface area contributed by atoms with Crippen LogP contribution in [0, 0.1) is 5.92 Å². The van der Waals surface area contributed by atoms with Crippen LogP contribution in [0.2, 0.25) is 0 Å². The van der Waals surface area contributed by atoms with Crippen LogP contribution in [0.25, 0.3) is 0 Å². The van der Waals surface area contributed by atoms with Crippen LogP contribution in [0.15, 0.2) is 18.2 Å². The van der Waals surface area contributed by atoms with Gasteiger partial charge in [0, 0.05) is 38.7 Å². The number of carbonyl (C=O) groups is 1. The number of rotatable bonds is 9. The zero-order valence-corrected chi connectivity index (χ0v) is 16.4. The standard InChI is InChI=1S/C20H32N2O4/c1-15(2)13-22-7-8-26-19(14-22)12-21-20(23)6-5-16-9-17(24-3)11-18(10-16)25-4/h9-11,15,19H,5-8,12-14H2,1-4H3,(H,21,23). The number of amides is 1. The number of hydrogen-bond donors (Lipinski definition) is 1. The van der Waals surface area contributed by atoms with Gasteiger partial charge in [-0.15, -0.1) is 0 Å². The van der Waals surface area contributed by atoms with Gasteiger partial charge in [0.2, 0.25) is 5.91 Å². The van der Waals surface area contributed by atoms with Gasteiger partial charge in [0.1, 0.15) is 11.5 Å². The van der Waals surface area contributed by atoms with Gasteiger partial charge in [-0.2, -0.15) is 0 Å². The summed E-state index contributed by atoms with van der Waals surface area (Å²) in [6, 6.07) is 5.70. The third kappa shape index (κ3) is 6.84. The number of ether oxygens (including phenoxy) is 3. The van der Waals surface area contributed by atoms with E-state index in [0.29, 0.717) is 25.3 Å². The molecule has 146 valence electrons. The molecule has 26 heavy (non-hydrogen) atoms. The quantitative estimate of drug-likeness (QED) is 0.727. The van der Waals surface area contributed by atoms with Crippen LogP contribution in [0.5, 0.6) is 11.5 Å². The molecule has 0 aliphatic carbocycles. The molecule has 0 bridgehead atoms. The fourth-order valence-corrected chi connectivity index (χ4v) is 3.17. The lowest BCUT2D eigenvalue weighted by Crippen LogP contribution is -2.48. The molecular formula is C20H32N2O4. The van der Waals surface area contributed by atoms with Gasteiger partial charge in [-0.05, 0) is 30.0 Å². The number of carbonyl (C=O) groups excluding carboxylic acids is 1. The zero-order valence-electron chi connectivity index (χ0n) is 16.4. The summed E-state index contributed by atoms with van der Waals surface area (Å²) in [6.45, 7) is 8.67. The normalized spacial score (nSPS) is 18.0. The van der Waals surface area contributed by atoms with Gasteiger partial charge < -0.3 is 19.5 Å². The fraction of sp³-hybridized carbons (Fsp3) is 0.650. The molecule has 2 rings (SSSR count). The summed E-state index contributed by atoms with van der Waals surface area (Å²) < 4.78 is 16.3. The fourth-order valence-electron chi connectivity index (χ4n) is 3.17. The van der Waals surface area contributed by atoms with E-state index in [-0.39, 0.29) is 12.0 Å². The first-order chi connectivity index (χ1) is 12.5. The lowest BCUT2D eigenvalue weighted by molar-refractivity contribution is -0.122. The van der Waals surface area contributed by atoms with Crippen molar-refractivity contribution in [3.05, 3.63) is 23.8 Å². The highest BCUT2D eigenvalue weighted by Crippen LogP contribution is 2.23. The maximum atomic E-state index is 12.2. The molecule has 0 saturated carbocycles. The summed E-state index contributed by atoms with van der Waals surface area (Å²) >= 11 is 0. The molecular weight excluding hydrogens is 332 g/mol. The van der Waals surface area contributed by atoms with Gasteiger partial charge >= 0.3 is 0 Å². The molecule has 0 radical (unpaired) electrons. The topological polar surface area (TPSA) is 60.0 Å². The van der Waals surface area contributed by atoms with Gasteiger partial charge in [0.05, 0.1) is 26.9 Å². The largest absolute Gasteiger partial charge is 0.497 e. The number of benzene rings is 1. The predicted octanol–water partition coefficient (Wildman–Crippen LogP) is 2.11. The summed E-state index contributed by atoms with van der Waals surface area (Å²) in [6.07, 6.45) is 1.15. The van der Waals surface area contributed by atoms with Crippen LogP contribution in [0.3, 0.4) is 0 Å². The number of nitrogens with one attached hydrogen (secondary N) is 1. The number of hydrogen-bond acceptors (Lipinski definition) is 5. The van der Waals surface area contributed by atoms with Crippen LogP contribution in [0.4, 0.5) is 0 Å². The van der Waals surface area contributed by atoms with Crippen molar-refractivity contribution >= 4 is 5.91 Å². The van der Waals surface area contributed by atoms with E-state index in [4.69, 9.17) is 14.2 Å². The van der Waals surface area contributed by atoms with E-state index in [1.165, 1.54) is 0 Å². The highest BCUT2D eigenvalue weighted by Gasteiger charge is 2.21. The minimum Gasteiger partial charge on any atom is -0.497 e. The van der Waals surface area contributed by atoms with E-state index >= 15 is 0 Å². The lowest BCUT2D eigenvalue weighted by Gasteiger charge is -2.33. The van der Waals surface area contributed by atoms with Gasteiger partial charge in [-0.1, -0.05) is 13.8 Å². The first kappa shape index (κ1) is 20.5. The Morgan fingerprint density at radius 2 is 1.96 bits per heavy atom. The second kappa shape index (κ2) is 10.4. The Hall–Kier alpha value is -1.79. The third-order valence-corrected chi connectivity index (χ3v) is 4.43. The van der Waals surface area contributed by atoms with Gasteiger partial charge in [0.25, 0.3) is 0 Å². The van der Waals surface area contributed by atoms with Crippen LogP contribution in [-0.4, -0.2) is 63.9 Å². The molecule has 1 unspecified atom stereocenters. The average Bonchev–Trinajstić information content (AvgIpc) is 2.64. The van der Waals surface area contributed by atoms with Crippen molar-refractivity contribution in [3.63, 3.8) is 0 Å². The molecule has 1 saturated heterocycles. The molecule has 1 fully saturated rings. The minimum atomic E-state index is 0.0383. The summed E-state index contributed by atoms with van der Waals surface area (Å²) in [5.74, 6) is 2.15. The first-order valence-electron chi connectivity index (χ1n) is 9.32. The second-order valence-corrected chi connectivity index (χ2v) is 7.17. The Bertz CT molecular complexity index is 555. The van der Waals surface area contributed by atoms with E-state index in [1.54, 1.807) is 14.2 Å². The van der Waals surface area contributed by atoms with Crippen LogP contribution < -0.4 is 14.8 Å². The van der Waals surface area contributed by atoms with Crippen LogP contribution in [-0.2, 0) is 16.0 Å². The summed E-state index contributed by atoms with van der Waals surface area (Å²) in [7, 11) is 3.25. The number of morpholine rings is 1. The van der Waals surface area contributed by atoms with Crippen molar-refractivity contribution in [1.29, 1.82) is 0 Å². The second-order valence-electron chi connectivity index (χ2n) is 7.17. The van der Waals surface area contributed by atoms with E-state index in [1.807, 2.05) is 18.2 Å². The van der Waals surface area contributed by atoms with Gasteiger partial charge in [-0.25, -0.2) is 0 Å². The zero-order chi connectivity index (χ0) is 18.9. The summed E-state index contributed by atoms with van der Waals surface area (Å²) in [4.78, 5) is 14.6. The highest BCUT2D eigenvalue weighted by atomic mass is 16.5. The van der Waals surface area contributed by atoms with Crippen LogP contribution >= 0.6 is 0 Å². The molecule has 6 nitrogen and oxygen atoms in total. The summed E-state index contributed by atoms with van der Waals surface area (Å²) in [5, 5.41) is 3.00. The highest BCUT2D eigenvalue weighted by molar-refractivity contribution is 5.76. The first-order valence-corrected chi connectivity index (χ1v) is 9.32. The van der Waals surface area contributed by atoms with E-state index in [9.17, 15) is 4.79 Å². The van der Waals surface area contributed by atoms with Crippen molar-refractivity contribution < 1.29 is 19.0 Å². The van der Waals surface area contributed by atoms with E-state index in [0.717, 1.165) is 43.3 Å². The predicted molar refractivity (Wildman–Crippen MR) is 102 cm³/mol. The Labute approximate surface area is 156 Å². The lowest BCUT2D eigenvalue weighted by atomic mass is 10.1. The minimum absolute atomic E-state index is 0.0383. The van der Waals surface area contributed by atoms with Crippen molar-refractivity contribution in [3.8, 4) is 11.5 Å². The number of aryl methyl sites for hydroxylation is 1. The molecule has 1 heterocycles. The SMILES string of the molecule is COc1cc(CCC(=O)NCC2CN(CC(C)C)CCO2)cc(OC)c1. The smallest absolute Gasteiger partial charge is 0.220 e. The molecule has 0 aromatic heterocycles. The molecule has 1 amide bonds. The monoisotopic (exact) mass is 364 g/mol. The van der Waals surface area contributed by atoms with Crippen molar-refractivity contribution in [2.75, 3.05) is 47.0 Å². The molecule has 6 heteroatoms. The van der Waals surface area contributed by atoms with E-state index < -0.39 is 0 Å². The van der Waals surface area contributed by atoms with E-state index in [2.05, 4.69) is 24.1 Å². The molecule has 1 aromatic carbocycles. The Balaban J connectivity index is 1.75. The molecule has 1 aromatic rings. The third-order valence-electron chi connectivity index (χ3n) is 4.43. The Kier molecular flexibility index (Phi) is 8.19. The Morgan fingerprint density at radius 1 is 1.27 bits per heavy atom. The molecule has 1 aliphatic rings. The maximum Gasteiger partial charge on any atom is 0.220 e. The summed E-state index contributed by atoms with van der Waals surface area (Å²) in [5.41, 5.74) is 1.02. The van der Waals surface area contributed by atoms with Gasteiger partial charge in [-0.3, -0.25) is 9.69 Å². The number of methoxy groups -OCH3 is 2. The van der Waals surface area contributed by atoms with Crippen molar-refractivity contribution in [2.45, 2.75) is 32.8 Å². The molecule has 0 spiro atoms. The average molecular weight is 364 g/mol. The molecule has 1 atom stereocenters. The molecule has 1 N–H and O–H groups in total. The number of nitrogens with zero attached hydrogens (tertiary/aromatic N) is 1. The maximum absolute atomic E-state index is 12.2. The van der Waals surface area contributed by atoms with Crippen molar-refractivity contribution in [1.82, 2.24) is 10.2 Å². The van der Waals surface area contributed by atoms with Crippen molar-refractivity contribution in [2.24, 2.45) is 5.92 Å². The molecule has 1 aliphatic heterocycles. The van der Waals surface area contributed by atoms with Crippen LogP contribution in [0.1, 0.15) is 25.8 Å². The van der Waals surface area contributed by atoms with Gasteiger partial charge in [0.15, 0.2) is 0 Å². The Morgan fingerprint density at radius 3 is 2.58 bits per heavy atom.